The van der Waals surface area contributed by atoms with Gasteiger partial charge in [0.05, 0.1) is 19.9 Å². The maximum atomic E-state index is 6.06. The van der Waals surface area contributed by atoms with Gasteiger partial charge < -0.3 is 14.8 Å². The van der Waals surface area contributed by atoms with Gasteiger partial charge in [0, 0.05) is 18.2 Å². The first-order valence-corrected chi connectivity index (χ1v) is 7.06. The van der Waals surface area contributed by atoms with E-state index in [1.807, 2.05) is 18.2 Å². The quantitative estimate of drug-likeness (QED) is 0.826. The third-order valence-corrected chi connectivity index (χ3v) is 3.10. The third kappa shape index (κ3) is 3.76. The van der Waals surface area contributed by atoms with Crippen LogP contribution in [0.15, 0.2) is 24.3 Å². The van der Waals surface area contributed by atoms with Gasteiger partial charge in [-0.15, -0.1) is 0 Å². The molecule has 2 rings (SSSR count). The van der Waals surface area contributed by atoms with Gasteiger partial charge in [0.25, 0.3) is 0 Å². The van der Waals surface area contributed by atoms with E-state index in [-0.39, 0.29) is 0 Å². The molecule has 112 valence electrons. The molecule has 0 aliphatic heterocycles. The Balaban J connectivity index is 2.39. The molecule has 0 bridgehead atoms. The van der Waals surface area contributed by atoms with E-state index in [0.29, 0.717) is 22.6 Å². The molecule has 1 aromatic heterocycles. The van der Waals surface area contributed by atoms with E-state index in [0.717, 1.165) is 24.2 Å². The van der Waals surface area contributed by atoms with E-state index < -0.39 is 0 Å². The Morgan fingerprint density at radius 3 is 2.52 bits per heavy atom. The minimum atomic E-state index is 0.397. The average molecular weight is 308 g/mol. The molecule has 0 spiro atoms. The first kappa shape index (κ1) is 15.4. The number of hydrogen-bond donors (Lipinski definition) is 1. The highest BCUT2D eigenvalue weighted by Crippen LogP contribution is 2.32. The first-order valence-electron chi connectivity index (χ1n) is 6.68. The van der Waals surface area contributed by atoms with E-state index in [1.54, 1.807) is 20.3 Å². The summed E-state index contributed by atoms with van der Waals surface area (Å²) in [5, 5.41) is 3.53. The number of methoxy groups -OCH3 is 2. The Morgan fingerprint density at radius 1 is 1.10 bits per heavy atom. The lowest BCUT2D eigenvalue weighted by atomic mass is 10.1. The lowest BCUT2D eigenvalue weighted by molar-refractivity contribution is 0.355. The maximum absolute atomic E-state index is 6.06. The van der Waals surface area contributed by atoms with Crippen molar-refractivity contribution >= 4 is 17.5 Å². The van der Waals surface area contributed by atoms with E-state index in [9.17, 15) is 0 Å². The van der Waals surface area contributed by atoms with Crippen molar-refractivity contribution in [3.8, 4) is 22.8 Å². The van der Waals surface area contributed by atoms with Gasteiger partial charge in [0.2, 0.25) is 5.95 Å². The number of anilines is 1. The van der Waals surface area contributed by atoms with Gasteiger partial charge >= 0.3 is 0 Å². The van der Waals surface area contributed by atoms with Crippen LogP contribution in [0.4, 0.5) is 5.95 Å². The lowest BCUT2D eigenvalue weighted by Crippen LogP contribution is -2.05. The zero-order valence-corrected chi connectivity index (χ0v) is 13.1. The van der Waals surface area contributed by atoms with Crippen LogP contribution in [0, 0.1) is 0 Å². The van der Waals surface area contributed by atoms with E-state index >= 15 is 0 Å². The van der Waals surface area contributed by atoms with E-state index in [1.165, 1.54) is 0 Å². The van der Waals surface area contributed by atoms with Crippen molar-refractivity contribution in [2.75, 3.05) is 26.1 Å². The molecule has 1 heterocycles. The molecule has 0 aliphatic rings. The van der Waals surface area contributed by atoms with Gasteiger partial charge in [-0.1, -0.05) is 18.5 Å². The number of rotatable bonds is 6. The summed E-state index contributed by atoms with van der Waals surface area (Å²) in [5.74, 6) is 1.84. The Labute approximate surface area is 129 Å². The zero-order valence-electron chi connectivity index (χ0n) is 12.3. The van der Waals surface area contributed by atoms with Crippen LogP contribution in [0.1, 0.15) is 13.3 Å². The highest BCUT2D eigenvalue weighted by atomic mass is 35.5. The second kappa shape index (κ2) is 7.13. The van der Waals surface area contributed by atoms with Crippen LogP contribution in [0.2, 0.25) is 5.15 Å². The van der Waals surface area contributed by atoms with Gasteiger partial charge in [-0.2, -0.15) is 0 Å². The molecule has 0 radical (unpaired) electrons. The number of hydrogen-bond acceptors (Lipinski definition) is 5. The molecule has 6 heteroatoms. The minimum Gasteiger partial charge on any atom is -0.493 e. The fourth-order valence-corrected chi connectivity index (χ4v) is 2.06. The Bertz CT molecular complexity index is 620. The lowest BCUT2D eigenvalue weighted by Gasteiger charge is -2.10. The van der Waals surface area contributed by atoms with Gasteiger partial charge in [-0.3, -0.25) is 0 Å². The number of benzene rings is 1. The van der Waals surface area contributed by atoms with Gasteiger partial charge in [0.1, 0.15) is 5.15 Å². The largest absolute Gasteiger partial charge is 0.493 e. The number of nitrogens with one attached hydrogen (secondary N) is 1. The number of halogens is 1. The van der Waals surface area contributed by atoms with Gasteiger partial charge in [-0.05, 0) is 24.6 Å². The van der Waals surface area contributed by atoms with Crippen LogP contribution < -0.4 is 14.8 Å². The molecule has 5 nitrogen and oxygen atoms in total. The molecule has 0 aliphatic carbocycles. The Morgan fingerprint density at radius 2 is 1.86 bits per heavy atom. The highest BCUT2D eigenvalue weighted by Gasteiger charge is 2.09. The molecule has 0 atom stereocenters. The number of nitrogens with zero attached hydrogens (tertiary/aromatic N) is 2. The molecule has 0 amide bonds. The van der Waals surface area contributed by atoms with Crippen molar-refractivity contribution < 1.29 is 9.47 Å². The average Bonchev–Trinajstić information content (AvgIpc) is 2.51. The Hall–Kier alpha value is -2.01. The highest BCUT2D eigenvalue weighted by molar-refractivity contribution is 6.29. The summed E-state index contributed by atoms with van der Waals surface area (Å²) in [7, 11) is 3.20. The summed E-state index contributed by atoms with van der Waals surface area (Å²) in [6.07, 6.45) is 0.988. The molecule has 1 N–H and O–H groups in total. The van der Waals surface area contributed by atoms with Gasteiger partial charge in [0.15, 0.2) is 11.5 Å². The number of ether oxygens (including phenoxy) is 2. The second-order valence-electron chi connectivity index (χ2n) is 4.40. The smallest absolute Gasteiger partial charge is 0.224 e. The summed E-state index contributed by atoms with van der Waals surface area (Å²) < 4.78 is 10.5. The molecule has 0 saturated heterocycles. The van der Waals surface area contributed by atoms with Crippen LogP contribution in [0.25, 0.3) is 11.3 Å². The van der Waals surface area contributed by atoms with Crippen molar-refractivity contribution in [1.29, 1.82) is 0 Å². The number of aromatic nitrogens is 2. The van der Waals surface area contributed by atoms with Crippen LogP contribution in [0.5, 0.6) is 11.5 Å². The topological polar surface area (TPSA) is 56.3 Å². The molecule has 1 aromatic carbocycles. The summed E-state index contributed by atoms with van der Waals surface area (Å²) in [6.45, 7) is 2.87. The molecule has 21 heavy (non-hydrogen) atoms. The van der Waals surface area contributed by atoms with Crippen LogP contribution in [-0.2, 0) is 0 Å². The standard InChI is InChI=1S/C15H18ClN3O2/c1-4-7-17-15-18-11(9-14(16)19-15)10-5-6-12(20-2)13(8-10)21-3/h5-6,8-9H,4,7H2,1-3H3,(H,17,18,19). The third-order valence-electron chi connectivity index (χ3n) is 2.91. The molecular weight excluding hydrogens is 290 g/mol. The summed E-state index contributed by atoms with van der Waals surface area (Å²) >= 11 is 6.06. The fraction of sp³-hybridized carbons (Fsp3) is 0.333. The normalized spacial score (nSPS) is 10.3. The second-order valence-corrected chi connectivity index (χ2v) is 4.78. The molecule has 2 aromatic rings. The Kier molecular flexibility index (Phi) is 5.22. The molecule has 0 unspecified atom stereocenters. The minimum absolute atomic E-state index is 0.397. The van der Waals surface area contributed by atoms with Crippen LogP contribution in [-0.4, -0.2) is 30.7 Å². The van der Waals surface area contributed by atoms with Crippen molar-refractivity contribution in [3.63, 3.8) is 0 Å². The van der Waals surface area contributed by atoms with Crippen LogP contribution in [0.3, 0.4) is 0 Å². The SMILES string of the molecule is CCCNc1nc(Cl)cc(-c2ccc(OC)c(OC)c2)n1. The predicted molar refractivity (Wildman–Crippen MR) is 84.4 cm³/mol. The van der Waals surface area contributed by atoms with E-state index in [2.05, 4.69) is 22.2 Å². The molecule has 0 saturated carbocycles. The van der Waals surface area contributed by atoms with Crippen molar-refractivity contribution in [2.24, 2.45) is 0 Å². The van der Waals surface area contributed by atoms with Gasteiger partial charge in [-0.25, -0.2) is 9.97 Å². The monoisotopic (exact) mass is 307 g/mol. The summed E-state index contributed by atoms with van der Waals surface area (Å²) in [5.41, 5.74) is 1.62. The van der Waals surface area contributed by atoms with Crippen molar-refractivity contribution in [1.82, 2.24) is 9.97 Å². The molecule has 0 fully saturated rings. The predicted octanol–water partition coefficient (Wildman–Crippen LogP) is 3.64. The molecular formula is C15H18ClN3O2. The summed E-state index contributed by atoms with van der Waals surface area (Å²) in [4.78, 5) is 8.63. The fourth-order valence-electron chi connectivity index (χ4n) is 1.88. The summed E-state index contributed by atoms with van der Waals surface area (Å²) in [6, 6.07) is 7.33. The first-order chi connectivity index (χ1) is 10.2. The zero-order chi connectivity index (χ0) is 15.2. The van der Waals surface area contributed by atoms with Crippen LogP contribution >= 0.6 is 11.6 Å². The maximum Gasteiger partial charge on any atom is 0.224 e. The van der Waals surface area contributed by atoms with E-state index in [4.69, 9.17) is 21.1 Å². The van der Waals surface area contributed by atoms with Crippen molar-refractivity contribution in [2.45, 2.75) is 13.3 Å². The van der Waals surface area contributed by atoms with Crippen molar-refractivity contribution in [3.05, 3.63) is 29.4 Å².